The normalized spacial score (nSPS) is 11.6. The first-order valence-corrected chi connectivity index (χ1v) is 5.67. The van der Waals surface area contributed by atoms with E-state index in [1.807, 2.05) is 0 Å². The largest absolute Gasteiger partial charge is 0.416 e. The Bertz CT molecular complexity index is 531. The zero-order valence-electron chi connectivity index (χ0n) is 9.98. The van der Waals surface area contributed by atoms with Gasteiger partial charge in [0.15, 0.2) is 0 Å². The Labute approximate surface area is 108 Å². The maximum Gasteiger partial charge on any atom is 0.416 e. The van der Waals surface area contributed by atoms with Crippen LogP contribution in [0.2, 0.25) is 0 Å². The van der Waals surface area contributed by atoms with E-state index in [1.165, 1.54) is 16.8 Å². The minimum atomic E-state index is -4.32. The summed E-state index contributed by atoms with van der Waals surface area (Å²) in [7, 11) is 0. The highest BCUT2D eigenvalue weighted by Crippen LogP contribution is 2.29. The standard InChI is InChI=1S/C12H13F3N4/c13-12(14,15)9-1-3-11(4-2-9)19-8-10(7-18-19)17-6-5-16/h1-4,7-8,17H,5-6,16H2. The van der Waals surface area contributed by atoms with E-state index in [9.17, 15) is 13.2 Å². The molecular formula is C12H13F3N4. The Kier molecular flexibility index (Phi) is 3.75. The summed E-state index contributed by atoms with van der Waals surface area (Å²) in [6, 6.07) is 4.82. The number of hydrogen-bond donors (Lipinski definition) is 2. The van der Waals surface area contributed by atoms with E-state index < -0.39 is 11.7 Å². The molecule has 0 bridgehead atoms. The number of benzene rings is 1. The summed E-state index contributed by atoms with van der Waals surface area (Å²) in [5, 5.41) is 7.10. The lowest BCUT2D eigenvalue weighted by Gasteiger charge is -2.07. The smallest absolute Gasteiger partial charge is 0.381 e. The summed E-state index contributed by atoms with van der Waals surface area (Å²) < 4.78 is 38.8. The van der Waals surface area contributed by atoms with E-state index in [2.05, 4.69) is 10.4 Å². The van der Waals surface area contributed by atoms with Gasteiger partial charge in [-0.15, -0.1) is 0 Å². The molecule has 1 heterocycles. The van der Waals surface area contributed by atoms with Crippen LogP contribution in [0.1, 0.15) is 5.56 Å². The summed E-state index contributed by atoms with van der Waals surface area (Å²) >= 11 is 0. The van der Waals surface area contributed by atoms with Gasteiger partial charge in [-0.05, 0) is 24.3 Å². The highest BCUT2D eigenvalue weighted by Gasteiger charge is 2.29. The SMILES string of the molecule is NCCNc1cnn(-c2ccc(C(F)(F)F)cc2)c1. The molecule has 102 valence electrons. The Morgan fingerprint density at radius 2 is 1.89 bits per heavy atom. The van der Waals surface area contributed by atoms with Gasteiger partial charge in [0, 0.05) is 13.1 Å². The number of hydrogen-bond acceptors (Lipinski definition) is 3. The molecule has 0 unspecified atom stereocenters. The average molecular weight is 270 g/mol. The fourth-order valence-corrected chi connectivity index (χ4v) is 1.57. The first kappa shape index (κ1) is 13.4. The van der Waals surface area contributed by atoms with E-state index in [-0.39, 0.29) is 0 Å². The van der Waals surface area contributed by atoms with Gasteiger partial charge in [0.1, 0.15) is 0 Å². The molecule has 0 aliphatic rings. The van der Waals surface area contributed by atoms with Gasteiger partial charge in [0.2, 0.25) is 0 Å². The third kappa shape index (κ3) is 3.25. The molecule has 1 aromatic carbocycles. The van der Waals surface area contributed by atoms with Crippen molar-refractivity contribution >= 4 is 5.69 Å². The van der Waals surface area contributed by atoms with Crippen molar-refractivity contribution in [3.63, 3.8) is 0 Å². The average Bonchev–Trinajstić information content (AvgIpc) is 2.84. The summed E-state index contributed by atoms with van der Waals surface area (Å²) in [4.78, 5) is 0. The van der Waals surface area contributed by atoms with Crippen molar-refractivity contribution in [1.82, 2.24) is 9.78 Å². The Morgan fingerprint density at radius 1 is 1.21 bits per heavy atom. The predicted octanol–water partition coefficient (Wildman–Crippen LogP) is 2.26. The van der Waals surface area contributed by atoms with Crippen LogP contribution in [0.5, 0.6) is 0 Å². The van der Waals surface area contributed by atoms with Gasteiger partial charge in [0.25, 0.3) is 0 Å². The predicted molar refractivity (Wildman–Crippen MR) is 66.1 cm³/mol. The number of nitrogens with one attached hydrogen (secondary N) is 1. The van der Waals surface area contributed by atoms with Crippen molar-refractivity contribution < 1.29 is 13.2 Å². The summed E-state index contributed by atoms with van der Waals surface area (Å²) in [6.07, 6.45) is -1.04. The number of rotatable bonds is 4. The molecule has 0 saturated heterocycles. The first-order valence-electron chi connectivity index (χ1n) is 5.67. The van der Waals surface area contributed by atoms with Crippen molar-refractivity contribution in [3.05, 3.63) is 42.2 Å². The fourth-order valence-electron chi connectivity index (χ4n) is 1.57. The maximum absolute atomic E-state index is 12.4. The third-order valence-corrected chi connectivity index (χ3v) is 2.52. The van der Waals surface area contributed by atoms with Crippen molar-refractivity contribution in [2.75, 3.05) is 18.4 Å². The number of nitrogens with two attached hydrogens (primary N) is 1. The Morgan fingerprint density at radius 3 is 2.47 bits per heavy atom. The number of halogens is 3. The minimum Gasteiger partial charge on any atom is -0.381 e. The Hall–Kier alpha value is -2.02. The number of aromatic nitrogens is 2. The van der Waals surface area contributed by atoms with Gasteiger partial charge >= 0.3 is 6.18 Å². The molecule has 4 nitrogen and oxygen atoms in total. The zero-order chi connectivity index (χ0) is 13.9. The molecule has 0 amide bonds. The van der Waals surface area contributed by atoms with Crippen molar-refractivity contribution in [2.45, 2.75) is 6.18 Å². The maximum atomic E-state index is 12.4. The van der Waals surface area contributed by atoms with Gasteiger partial charge in [0.05, 0.1) is 29.3 Å². The molecule has 0 spiro atoms. The fraction of sp³-hybridized carbons (Fsp3) is 0.250. The summed E-state index contributed by atoms with van der Waals surface area (Å²) in [5.74, 6) is 0. The topological polar surface area (TPSA) is 55.9 Å². The molecule has 0 aliphatic carbocycles. The molecule has 0 atom stereocenters. The second-order valence-electron chi connectivity index (χ2n) is 3.93. The third-order valence-electron chi connectivity index (χ3n) is 2.52. The number of nitrogens with zero attached hydrogens (tertiary/aromatic N) is 2. The molecule has 2 rings (SSSR count). The molecular weight excluding hydrogens is 257 g/mol. The number of anilines is 1. The van der Waals surface area contributed by atoms with E-state index >= 15 is 0 Å². The molecule has 19 heavy (non-hydrogen) atoms. The van der Waals surface area contributed by atoms with Crippen molar-refractivity contribution in [2.24, 2.45) is 5.73 Å². The molecule has 2 aromatic rings. The molecule has 1 aromatic heterocycles. The van der Waals surface area contributed by atoms with Crippen LogP contribution in [0.25, 0.3) is 5.69 Å². The highest BCUT2D eigenvalue weighted by atomic mass is 19.4. The lowest BCUT2D eigenvalue weighted by atomic mass is 10.2. The van der Waals surface area contributed by atoms with Crippen LogP contribution < -0.4 is 11.1 Å². The van der Waals surface area contributed by atoms with Crippen LogP contribution in [-0.4, -0.2) is 22.9 Å². The van der Waals surface area contributed by atoms with E-state index in [4.69, 9.17) is 5.73 Å². The molecule has 0 fully saturated rings. The molecule has 7 heteroatoms. The lowest BCUT2D eigenvalue weighted by molar-refractivity contribution is -0.137. The molecule has 0 saturated carbocycles. The lowest BCUT2D eigenvalue weighted by Crippen LogP contribution is -2.12. The highest BCUT2D eigenvalue weighted by molar-refractivity contribution is 5.43. The van der Waals surface area contributed by atoms with Gasteiger partial charge in [-0.25, -0.2) is 4.68 Å². The van der Waals surface area contributed by atoms with E-state index in [1.54, 1.807) is 12.4 Å². The van der Waals surface area contributed by atoms with E-state index in [0.717, 1.165) is 17.8 Å². The van der Waals surface area contributed by atoms with Gasteiger partial charge < -0.3 is 11.1 Å². The first-order chi connectivity index (χ1) is 9.00. The van der Waals surface area contributed by atoms with Gasteiger partial charge in [-0.1, -0.05) is 0 Å². The van der Waals surface area contributed by atoms with Crippen molar-refractivity contribution in [1.29, 1.82) is 0 Å². The van der Waals surface area contributed by atoms with Crippen LogP contribution in [-0.2, 0) is 6.18 Å². The van der Waals surface area contributed by atoms with Crippen LogP contribution in [0.3, 0.4) is 0 Å². The van der Waals surface area contributed by atoms with Gasteiger partial charge in [-0.3, -0.25) is 0 Å². The van der Waals surface area contributed by atoms with Crippen LogP contribution in [0, 0.1) is 0 Å². The number of alkyl halides is 3. The van der Waals surface area contributed by atoms with Crippen LogP contribution in [0.4, 0.5) is 18.9 Å². The molecule has 3 N–H and O–H groups in total. The monoisotopic (exact) mass is 270 g/mol. The quantitative estimate of drug-likeness (QED) is 0.896. The summed E-state index contributed by atoms with van der Waals surface area (Å²) in [6.45, 7) is 1.10. The second kappa shape index (κ2) is 5.31. The molecule has 0 radical (unpaired) electrons. The van der Waals surface area contributed by atoms with Crippen LogP contribution >= 0.6 is 0 Å². The summed E-state index contributed by atoms with van der Waals surface area (Å²) in [5.41, 5.74) is 6.01. The van der Waals surface area contributed by atoms with Gasteiger partial charge in [-0.2, -0.15) is 18.3 Å². The Balaban J connectivity index is 2.16. The van der Waals surface area contributed by atoms with Crippen molar-refractivity contribution in [3.8, 4) is 5.69 Å². The second-order valence-corrected chi connectivity index (χ2v) is 3.93. The van der Waals surface area contributed by atoms with E-state index in [0.29, 0.717) is 18.8 Å². The molecule has 0 aliphatic heterocycles. The zero-order valence-corrected chi connectivity index (χ0v) is 9.98. The van der Waals surface area contributed by atoms with Crippen LogP contribution in [0.15, 0.2) is 36.7 Å². The minimum absolute atomic E-state index is 0.492.